The van der Waals surface area contributed by atoms with Gasteiger partial charge in [0.25, 0.3) is 15.8 Å². The molecule has 1 heterocycles. The molecule has 1 aromatic carbocycles. The molecule has 1 aliphatic rings. The predicted octanol–water partition coefficient (Wildman–Crippen LogP) is 3.64. The van der Waals surface area contributed by atoms with Crippen LogP contribution in [0.25, 0.3) is 0 Å². The highest BCUT2D eigenvalue weighted by Gasteiger charge is 2.27. The number of carbonyl (C=O) groups excluding carboxylic acids is 1. The molecular formula is C21H26FN3O6S. The van der Waals surface area contributed by atoms with Gasteiger partial charge in [0.1, 0.15) is 5.82 Å². The third kappa shape index (κ3) is 6.59. The number of sulfonamides is 1. The van der Waals surface area contributed by atoms with Crippen LogP contribution in [0, 0.1) is 11.7 Å². The molecule has 1 atom stereocenters. The van der Waals surface area contributed by atoms with Gasteiger partial charge in [-0.1, -0.05) is 50.1 Å². The third-order valence-electron chi connectivity index (χ3n) is 5.66. The molecule has 0 aliphatic heterocycles. The maximum Gasteiger partial charge on any atom is 0.306 e. The molecule has 174 valence electrons. The molecule has 1 fully saturated rings. The molecule has 0 saturated heterocycles. The van der Waals surface area contributed by atoms with E-state index in [2.05, 4.69) is 10.1 Å². The van der Waals surface area contributed by atoms with Crippen molar-refractivity contribution in [2.75, 3.05) is 0 Å². The van der Waals surface area contributed by atoms with Crippen molar-refractivity contribution in [3.63, 3.8) is 0 Å². The van der Waals surface area contributed by atoms with Crippen LogP contribution in [-0.4, -0.2) is 35.5 Å². The normalized spacial score (nSPS) is 15.9. The fraction of sp³-hybridized carbons (Fsp3) is 0.524. The summed E-state index contributed by atoms with van der Waals surface area (Å²) >= 11 is 0. The average Bonchev–Trinajstić information content (AvgIpc) is 3.24. The maximum atomic E-state index is 13.0. The molecule has 9 nitrogen and oxygen atoms in total. The van der Waals surface area contributed by atoms with Crippen LogP contribution in [0.1, 0.15) is 80.2 Å². The van der Waals surface area contributed by atoms with Crippen LogP contribution in [0.2, 0.25) is 0 Å². The van der Waals surface area contributed by atoms with Gasteiger partial charge in [-0.15, -0.1) is 0 Å². The maximum absolute atomic E-state index is 13.0. The number of amides is 1. The summed E-state index contributed by atoms with van der Waals surface area (Å²) in [4.78, 5) is 27.2. The first-order chi connectivity index (χ1) is 15.2. The number of aliphatic carboxylic acids is 1. The minimum absolute atomic E-state index is 0.0135. The Morgan fingerprint density at radius 3 is 2.53 bits per heavy atom. The van der Waals surface area contributed by atoms with Crippen molar-refractivity contribution in [1.29, 1.82) is 0 Å². The zero-order chi connectivity index (χ0) is 23.1. The number of carboxylic acids is 1. The molecule has 11 heteroatoms. The molecule has 0 bridgehead atoms. The fourth-order valence-corrected chi connectivity index (χ4v) is 4.93. The van der Waals surface area contributed by atoms with E-state index >= 15 is 0 Å². The van der Waals surface area contributed by atoms with Crippen LogP contribution in [0.15, 0.2) is 33.7 Å². The topological polar surface area (TPSA) is 139 Å². The molecule has 2 aromatic rings. The Bertz CT molecular complexity index is 1030. The number of hydrogen-bond donors (Lipinski definition) is 2. The predicted molar refractivity (Wildman–Crippen MR) is 111 cm³/mol. The van der Waals surface area contributed by atoms with E-state index in [0.29, 0.717) is 12.3 Å². The van der Waals surface area contributed by atoms with Gasteiger partial charge in [-0.2, -0.15) is 4.98 Å². The van der Waals surface area contributed by atoms with Crippen LogP contribution in [0.4, 0.5) is 4.39 Å². The number of carboxylic acid groups (broad SMARTS) is 1. The van der Waals surface area contributed by atoms with Crippen molar-refractivity contribution in [2.24, 2.45) is 5.92 Å². The van der Waals surface area contributed by atoms with Gasteiger partial charge in [0.2, 0.25) is 5.89 Å². The van der Waals surface area contributed by atoms with E-state index in [1.54, 1.807) is 4.72 Å². The molecule has 3 rings (SSSR count). The Kier molecular flexibility index (Phi) is 7.94. The van der Waals surface area contributed by atoms with Crippen molar-refractivity contribution >= 4 is 21.9 Å². The second kappa shape index (κ2) is 10.7. The molecule has 0 unspecified atom stereocenters. The van der Waals surface area contributed by atoms with Crippen LogP contribution in [-0.2, 0) is 14.8 Å². The number of nitrogens with one attached hydrogen (secondary N) is 1. The molecule has 1 aliphatic carbocycles. The lowest BCUT2D eigenvalue weighted by atomic mass is 9.84. The first-order valence-corrected chi connectivity index (χ1v) is 12.1. The number of hydrogen-bond acceptors (Lipinski definition) is 7. The van der Waals surface area contributed by atoms with Gasteiger partial charge in [-0.3, -0.25) is 9.59 Å². The lowest BCUT2D eigenvalue weighted by Crippen LogP contribution is -2.31. The zero-order valence-electron chi connectivity index (χ0n) is 17.5. The van der Waals surface area contributed by atoms with E-state index in [1.165, 1.54) is 32.1 Å². The second-order valence-electron chi connectivity index (χ2n) is 8.07. The SMILES string of the molecule is O=C(O)C[C@@H](CCCC1CCCCC1)c1nc(C(=O)NS(=O)(=O)c2ccc(F)cc2)no1. The van der Waals surface area contributed by atoms with E-state index in [9.17, 15) is 27.5 Å². The van der Waals surface area contributed by atoms with Crippen LogP contribution < -0.4 is 4.72 Å². The summed E-state index contributed by atoms with van der Waals surface area (Å²) in [5.41, 5.74) is 0. The second-order valence-corrected chi connectivity index (χ2v) is 9.76. The van der Waals surface area contributed by atoms with E-state index in [1.807, 2.05) is 0 Å². The van der Waals surface area contributed by atoms with Gasteiger partial charge in [0, 0.05) is 5.92 Å². The van der Waals surface area contributed by atoms with Crippen molar-refractivity contribution in [3.05, 3.63) is 41.8 Å². The van der Waals surface area contributed by atoms with Crippen molar-refractivity contribution < 1.29 is 32.0 Å². The van der Waals surface area contributed by atoms with Gasteiger partial charge in [-0.25, -0.2) is 17.5 Å². The Balaban J connectivity index is 1.64. The van der Waals surface area contributed by atoms with Crippen molar-refractivity contribution in [3.8, 4) is 0 Å². The molecule has 1 amide bonds. The van der Waals surface area contributed by atoms with Gasteiger partial charge < -0.3 is 9.63 Å². The van der Waals surface area contributed by atoms with E-state index in [4.69, 9.17) is 4.52 Å². The number of nitrogens with zero attached hydrogens (tertiary/aromatic N) is 2. The summed E-state index contributed by atoms with van der Waals surface area (Å²) in [7, 11) is -4.26. The first kappa shape index (κ1) is 23.8. The minimum Gasteiger partial charge on any atom is -0.481 e. The van der Waals surface area contributed by atoms with Crippen LogP contribution in [0.3, 0.4) is 0 Å². The quantitative estimate of drug-likeness (QED) is 0.540. The summed E-state index contributed by atoms with van der Waals surface area (Å²) in [6.07, 6.45) is 8.18. The number of halogens is 1. The van der Waals surface area contributed by atoms with E-state index in [0.717, 1.165) is 37.1 Å². The largest absolute Gasteiger partial charge is 0.481 e. The van der Waals surface area contributed by atoms with Gasteiger partial charge in [0.05, 0.1) is 11.3 Å². The van der Waals surface area contributed by atoms with E-state index < -0.39 is 39.5 Å². The van der Waals surface area contributed by atoms with Gasteiger partial charge in [-0.05, 0) is 36.6 Å². The lowest BCUT2D eigenvalue weighted by molar-refractivity contribution is -0.137. The summed E-state index contributed by atoms with van der Waals surface area (Å²) in [6.45, 7) is 0. The first-order valence-electron chi connectivity index (χ1n) is 10.6. The molecule has 0 spiro atoms. The van der Waals surface area contributed by atoms with Crippen LogP contribution >= 0.6 is 0 Å². The van der Waals surface area contributed by atoms with Crippen molar-refractivity contribution in [1.82, 2.24) is 14.9 Å². The number of carbonyl (C=O) groups is 2. The summed E-state index contributed by atoms with van der Waals surface area (Å²) < 4.78 is 44.5. The Hall–Kier alpha value is -2.82. The molecule has 1 saturated carbocycles. The molecule has 0 radical (unpaired) electrons. The average molecular weight is 468 g/mol. The standard InChI is InChI=1S/C21H26FN3O6S/c22-16-9-11-17(12-10-16)32(29,30)25-20(28)19-23-21(31-24-19)15(13-18(26)27)8-4-7-14-5-2-1-3-6-14/h9-12,14-15H,1-8,13H2,(H,25,28)(H,26,27)/t15-/m1/s1. The number of aromatic nitrogens is 2. The monoisotopic (exact) mass is 467 g/mol. The zero-order valence-corrected chi connectivity index (χ0v) is 18.3. The lowest BCUT2D eigenvalue weighted by Gasteiger charge is -2.21. The van der Waals surface area contributed by atoms with Crippen LogP contribution in [0.5, 0.6) is 0 Å². The highest BCUT2D eigenvalue weighted by atomic mass is 32.2. The minimum atomic E-state index is -4.26. The number of benzene rings is 1. The van der Waals surface area contributed by atoms with Gasteiger partial charge >= 0.3 is 11.9 Å². The highest BCUT2D eigenvalue weighted by Crippen LogP contribution is 2.31. The highest BCUT2D eigenvalue weighted by molar-refractivity contribution is 7.90. The smallest absolute Gasteiger partial charge is 0.306 e. The fourth-order valence-electron chi connectivity index (χ4n) is 3.99. The molecule has 1 aromatic heterocycles. The number of rotatable bonds is 10. The summed E-state index contributed by atoms with van der Waals surface area (Å²) in [6, 6.07) is 3.94. The Morgan fingerprint density at radius 1 is 1.19 bits per heavy atom. The molecule has 2 N–H and O–H groups in total. The Morgan fingerprint density at radius 2 is 1.88 bits per heavy atom. The summed E-state index contributed by atoms with van der Waals surface area (Å²) in [5, 5.41) is 12.8. The summed E-state index contributed by atoms with van der Waals surface area (Å²) in [5.74, 6) is -3.23. The van der Waals surface area contributed by atoms with Crippen molar-refractivity contribution in [2.45, 2.75) is 68.6 Å². The molecule has 32 heavy (non-hydrogen) atoms. The third-order valence-corrected chi connectivity index (χ3v) is 7.00. The van der Waals surface area contributed by atoms with E-state index in [-0.39, 0.29) is 17.2 Å². The van der Waals surface area contributed by atoms with Gasteiger partial charge in [0.15, 0.2) is 0 Å². The Labute approximate surface area is 185 Å². The molecular weight excluding hydrogens is 441 g/mol.